The summed E-state index contributed by atoms with van der Waals surface area (Å²) in [4.78, 5) is 15.5. The second-order valence-corrected chi connectivity index (χ2v) is 4.31. The highest BCUT2D eigenvalue weighted by Gasteiger charge is 2.29. The number of nitrogens with one attached hydrogen (secondary N) is 1. The summed E-state index contributed by atoms with van der Waals surface area (Å²) in [6.45, 7) is 1.06. The Morgan fingerprint density at radius 2 is 2.25 bits per heavy atom. The maximum Gasteiger partial charge on any atom is 0.422 e. The molecule has 1 aromatic rings. The molecule has 0 aromatic carbocycles. The zero-order valence-electron chi connectivity index (χ0n) is 10.9. The van der Waals surface area contributed by atoms with Crippen LogP contribution in [0.1, 0.15) is 17.3 Å². The Morgan fingerprint density at radius 3 is 2.85 bits per heavy atom. The van der Waals surface area contributed by atoms with Gasteiger partial charge in [-0.2, -0.15) is 13.2 Å². The van der Waals surface area contributed by atoms with Crippen LogP contribution in [0.2, 0.25) is 0 Å². The van der Waals surface area contributed by atoms with E-state index >= 15 is 0 Å². The Kier molecular flexibility index (Phi) is 5.75. The van der Waals surface area contributed by atoms with E-state index in [4.69, 9.17) is 5.73 Å². The zero-order chi connectivity index (χ0) is 15.2. The maximum atomic E-state index is 12.1. The van der Waals surface area contributed by atoms with E-state index < -0.39 is 18.7 Å². The van der Waals surface area contributed by atoms with Crippen LogP contribution in [0.15, 0.2) is 18.3 Å². The Hall–Kier alpha value is -1.83. The number of amides is 1. The average Bonchev–Trinajstić information content (AvgIpc) is 2.41. The Labute approximate surface area is 114 Å². The lowest BCUT2D eigenvalue weighted by molar-refractivity contribution is -0.154. The van der Waals surface area contributed by atoms with Crippen molar-refractivity contribution in [3.63, 3.8) is 0 Å². The van der Waals surface area contributed by atoms with Gasteiger partial charge in [-0.25, -0.2) is 4.98 Å². The number of carbonyl (C=O) groups excluding carboxylic acids is 1. The van der Waals surface area contributed by atoms with Crippen LogP contribution in [-0.2, 0) is 0 Å². The SMILES string of the molecule is CC(CN)CNC(=O)c1cccnc1OCC(F)(F)F. The zero-order valence-corrected chi connectivity index (χ0v) is 10.9. The molecule has 5 nitrogen and oxygen atoms in total. The summed E-state index contributed by atoms with van der Waals surface area (Å²) < 4.78 is 40.9. The van der Waals surface area contributed by atoms with Gasteiger partial charge in [-0.15, -0.1) is 0 Å². The molecule has 0 aliphatic carbocycles. The Balaban J connectivity index is 2.71. The molecule has 0 radical (unpaired) electrons. The molecule has 0 saturated heterocycles. The summed E-state index contributed by atoms with van der Waals surface area (Å²) in [7, 11) is 0. The van der Waals surface area contributed by atoms with Gasteiger partial charge in [0.15, 0.2) is 6.61 Å². The van der Waals surface area contributed by atoms with Gasteiger partial charge in [0.2, 0.25) is 5.88 Å². The van der Waals surface area contributed by atoms with Crippen molar-refractivity contribution < 1.29 is 22.7 Å². The van der Waals surface area contributed by atoms with E-state index in [9.17, 15) is 18.0 Å². The summed E-state index contributed by atoms with van der Waals surface area (Å²) in [6, 6.07) is 2.79. The molecule has 1 rings (SSSR count). The van der Waals surface area contributed by atoms with Gasteiger partial charge < -0.3 is 15.8 Å². The van der Waals surface area contributed by atoms with Gasteiger partial charge in [0.05, 0.1) is 0 Å². The lowest BCUT2D eigenvalue weighted by Crippen LogP contribution is -2.32. The van der Waals surface area contributed by atoms with E-state index in [2.05, 4.69) is 15.0 Å². The van der Waals surface area contributed by atoms with Gasteiger partial charge in [0.1, 0.15) is 5.56 Å². The number of hydrogen-bond donors (Lipinski definition) is 2. The van der Waals surface area contributed by atoms with Crippen LogP contribution < -0.4 is 15.8 Å². The van der Waals surface area contributed by atoms with Gasteiger partial charge in [-0.05, 0) is 24.6 Å². The molecule has 1 atom stereocenters. The van der Waals surface area contributed by atoms with Crippen molar-refractivity contribution in [2.75, 3.05) is 19.7 Å². The molecule has 0 fully saturated rings. The van der Waals surface area contributed by atoms with Crippen LogP contribution in [0, 0.1) is 5.92 Å². The van der Waals surface area contributed by atoms with Gasteiger partial charge in [-0.1, -0.05) is 6.92 Å². The first-order valence-corrected chi connectivity index (χ1v) is 5.96. The number of hydrogen-bond acceptors (Lipinski definition) is 4. The molecule has 1 aromatic heterocycles. The summed E-state index contributed by atoms with van der Waals surface area (Å²) >= 11 is 0. The molecular weight excluding hydrogens is 275 g/mol. The number of halogens is 3. The van der Waals surface area contributed by atoms with Crippen molar-refractivity contribution in [3.8, 4) is 5.88 Å². The lowest BCUT2D eigenvalue weighted by Gasteiger charge is -2.13. The lowest BCUT2D eigenvalue weighted by atomic mass is 10.2. The predicted molar refractivity (Wildman–Crippen MR) is 66.3 cm³/mol. The minimum absolute atomic E-state index is 0.0408. The number of nitrogens with two attached hydrogens (primary N) is 1. The fraction of sp³-hybridized carbons (Fsp3) is 0.500. The van der Waals surface area contributed by atoms with Crippen molar-refractivity contribution in [2.24, 2.45) is 11.7 Å². The molecule has 1 heterocycles. The van der Waals surface area contributed by atoms with E-state index in [1.807, 2.05) is 6.92 Å². The third-order valence-corrected chi connectivity index (χ3v) is 2.40. The number of ether oxygens (including phenoxy) is 1. The normalized spacial score (nSPS) is 12.8. The summed E-state index contributed by atoms with van der Waals surface area (Å²) in [5.74, 6) is -0.825. The van der Waals surface area contributed by atoms with Crippen molar-refractivity contribution in [1.29, 1.82) is 0 Å². The van der Waals surface area contributed by atoms with Crippen molar-refractivity contribution in [1.82, 2.24) is 10.3 Å². The van der Waals surface area contributed by atoms with Crippen LogP contribution in [0.4, 0.5) is 13.2 Å². The molecular formula is C12H16F3N3O2. The molecule has 0 spiro atoms. The monoisotopic (exact) mass is 291 g/mol. The van der Waals surface area contributed by atoms with Gasteiger partial charge in [0.25, 0.3) is 5.91 Å². The van der Waals surface area contributed by atoms with Crippen LogP contribution >= 0.6 is 0 Å². The summed E-state index contributed by atoms with van der Waals surface area (Å²) in [5, 5.41) is 2.57. The highest BCUT2D eigenvalue weighted by atomic mass is 19.4. The first kappa shape index (κ1) is 16.2. The highest BCUT2D eigenvalue weighted by Crippen LogP contribution is 2.19. The second-order valence-electron chi connectivity index (χ2n) is 4.31. The molecule has 1 unspecified atom stereocenters. The molecule has 8 heteroatoms. The van der Waals surface area contributed by atoms with Crippen molar-refractivity contribution in [2.45, 2.75) is 13.1 Å². The second kappa shape index (κ2) is 7.09. The Bertz CT molecular complexity index is 452. The smallest absolute Gasteiger partial charge is 0.422 e. The number of nitrogens with zero attached hydrogens (tertiary/aromatic N) is 1. The first-order valence-electron chi connectivity index (χ1n) is 5.96. The maximum absolute atomic E-state index is 12.1. The number of rotatable bonds is 6. The molecule has 112 valence electrons. The third-order valence-electron chi connectivity index (χ3n) is 2.40. The van der Waals surface area contributed by atoms with Gasteiger partial charge in [0, 0.05) is 12.7 Å². The predicted octanol–water partition coefficient (Wildman–Crippen LogP) is 1.35. The first-order chi connectivity index (χ1) is 9.33. The van der Waals surface area contributed by atoms with Crippen LogP contribution in [0.25, 0.3) is 0 Å². The third kappa shape index (κ3) is 5.43. The van der Waals surface area contributed by atoms with Crippen LogP contribution in [0.5, 0.6) is 5.88 Å². The molecule has 3 N–H and O–H groups in total. The summed E-state index contributed by atoms with van der Waals surface area (Å²) in [6.07, 6.45) is -3.23. The number of aromatic nitrogens is 1. The fourth-order valence-electron chi connectivity index (χ4n) is 1.27. The van der Waals surface area contributed by atoms with Crippen LogP contribution in [-0.4, -0.2) is 36.8 Å². The van der Waals surface area contributed by atoms with Gasteiger partial charge in [-0.3, -0.25) is 4.79 Å². The molecule has 0 aliphatic heterocycles. The molecule has 0 aliphatic rings. The largest absolute Gasteiger partial charge is 0.467 e. The summed E-state index contributed by atoms with van der Waals surface area (Å²) in [5.41, 5.74) is 5.37. The molecule has 20 heavy (non-hydrogen) atoms. The Morgan fingerprint density at radius 1 is 1.55 bits per heavy atom. The highest BCUT2D eigenvalue weighted by molar-refractivity contribution is 5.96. The van der Waals surface area contributed by atoms with E-state index in [1.54, 1.807) is 0 Å². The molecule has 1 amide bonds. The molecule has 0 saturated carbocycles. The fourth-order valence-corrected chi connectivity index (χ4v) is 1.27. The standard InChI is InChI=1S/C12H16F3N3O2/c1-8(5-16)6-18-10(19)9-3-2-4-17-11(9)20-7-12(13,14)15/h2-4,8H,5-7,16H2,1H3,(H,18,19). The number of pyridine rings is 1. The minimum Gasteiger partial charge on any atom is -0.467 e. The van der Waals surface area contributed by atoms with E-state index in [0.29, 0.717) is 13.1 Å². The quantitative estimate of drug-likeness (QED) is 0.829. The van der Waals surface area contributed by atoms with E-state index in [0.717, 1.165) is 0 Å². The molecule has 0 bridgehead atoms. The van der Waals surface area contributed by atoms with Gasteiger partial charge >= 0.3 is 6.18 Å². The number of alkyl halides is 3. The average molecular weight is 291 g/mol. The minimum atomic E-state index is -4.49. The van der Waals surface area contributed by atoms with E-state index in [-0.39, 0.29) is 17.4 Å². The van der Waals surface area contributed by atoms with Crippen LogP contribution in [0.3, 0.4) is 0 Å². The topological polar surface area (TPSA) is 77.2 Å². The number of carbonyl (C=O) groups is 1. The van der Waals surface area contributed by atoms with Crippen molar-refractivity contribution >= 4 is 5.91 Å². The van der Waals surface area contributed by atoms with Crippen molar-refractivity contribution in [3.05, 3.63) is 23.9 Å². The van der Waals surface area contributed by atoms with E-state index in [1.165, 1.54) is 18.3 Å².